The van der Waals surface area contributed by atoms with E-state index in [-0.39, 0.29) is 0 Å². The fraction of sp³-hybridized carbons (Fsp3) is 1.00. The number of rotatable bonds is 6. The van der Waals surface area contributed by atoms with E-state index < -0.39 is 82.4 Å². The van der Waals surface area contributed by atoms with Crippen LogP contribution >= 0.6 is 7.82 Å². The van der Waals surface area contributed by atoms with E-state index >= 15 is 0 Å². The molecule has 9 N–H and O–H groups in total. The Labute approximate surface area is 152 Å². The molecule has 15 heteroatoms. The number of phosphoric acid groups is 1. The first kappa shape index (κ1) is 23.0. The molecule has 0 amide bonds. The van der Waals surface area contributed by atoms with Gasteiger partial charge in [0.15, 0.2) is 12.6 Å². The van der Waals surface area contributed by atoms with Crippen LogP contribution in [0.5, 0.6) is 0 Å². The maximum atomic E-state index is 10.8. The van der Waals surface area contributed by atoms with E-state index in [1.165, 1.54) is 0 Å². The zero-order valence-electron chi connectivity index (χ0n) is 13.7. The van der Waals surface area contributed by atoms with Crippen LogP contribution in [0.4, 0.5) is 0 Å². The van der Waals surface area contributed by atoms with Crippen molar-refractivity contribution in [1.82, 2.24) is 0 Å². The molecule has 0 unspecified atom stereocenters. The predicted octanol–water partition coefficient (Wildman–Crippen LogP) is -5.28. The molecule has 2 fully saturated rings. The quantitative estimate of drug-likeness (QED) is 0.182. The van der Waals surface area contributed by atoms with Crippen LogP contribution in [-0.2, 0) is 23.3 Å². The highest BCUT2D eigenvalue weighted by Crippen LogP contribution is 2.37. The summed E-state index contributed by atoms with van der Waals surface area (Å²) in [5, 5.41) is 68.1. The van der Waals surface area contributed by atoms with Gasteiger partial charge in [-0.3, -0.25) is 4.52 Å². The molecule has 0 aromatic heterocycles. The Morgan fingerprint density at radius 2 is 1.19 bits per heavy atom. The fourth-order valence-corrected chi connectivity index (χ4v) is 2.99. The summed E-state index contributed by atoms with van der Waals surface area (Å²) in [5.74, 6) is 0. The number of ether oxygens (including phenoxy) is 3. The van der Waals surface area contributed by atoms with Crippen LogP contribution in [0.2, 0.25) is 0 Å². The zero-order valence-corrected chi connectivity index (χ0v) is 14.6. The largest absolute Gasteiger partial charge is 0.469 e. The Morgan fingerprint density at radius 1 is 0.741 bits per heavy atom. The highest BCUT2D eigenvalue weighted by Gasteiger charge is 2.49. The van der Waals surface area contributed by atoms with E-state index in [4.69, 9.17) is 29.1 Å². The van der Waals surface area contributed by atoms with Gasteiger partial charge in [-0.1, -0.05) is 0 Å². The van der Waals surface area contributed by atoms with Gasteiger partial charge in [-0.2, -0.15) is 0 Å². The van der Waals surface area contributed by atoms with Gasteiger partial charge in [0.2, 0.25) is 0 Å². The summed E-state index contributed by atoms with van der Waals surface area (Å²) in [6.07, 6.45) is -17.1. The minimum Gasteiger partial charge on any atom is -0.394 e. The first-order chi connectivity index (χ1) is 12.5. The topological polar surface area (TPSA) is 236 Å². The molecule has 2 aliphatic heterocycles. The van der Waals surface area contributed by atoms with Crippen molar-refractivity contribution in [2.75, 3.05) is 13.2 Å². The Hall–Kier alpha value is -0.290. The third-order valence-electron chi connectivity index (χ3n) is 4.19. The van der Waals surface area contributed by atoms with Gasteiger partial charge in [-0.15, -0.1) is 0 Å². The third-order valence-corrected chi connectivity index (χ3v) is 4.68. The molecule has 0 aromatic rings. The van der Waals surface area contributed by atoms with Crippen LogP contribution in [0.1, 0.15) is 0 Å². The molecular formula is C12H23O14P. The average molecular weight is 422 g/mol. The van der Waals surface area contributed by atoms with Crippen molar-refractivity contribution >= 4 is 7.82 Å². The van der Waals surface area contributed by atoms with Gasteiger partial charge in [0.1, 0.15) is 48.8 Å². The molecule has 160 valence electrons. The lowest BCUT2D eigenvalue weighted by Crippen LogP contribution is -2.63. The first-order valence-electron chi connectivity index (χ1n) is 7.82. The summed E-state index contributed by atoms with van der Waals surface area (Å²) >= 11 is 0. The van der Waals surface area contributed by atoms with E-state index in [0.29, 0.717) is 0 Å². The van der Waals surface area contributed by atoms with Crippen molar-refractivity contribution in [2.24, 2.45) is 0 Å². The molecule has 27 heavy (non-hydrogen) atoms. The Morgan fingerprint density at radius 3 is 1.63 bits per heavy atom. The normalized spacial score (nSPS) is 46.4. The van der Waals surface area contributed by atoms with Crippen LogP contribution in [0, 0.1) is 0 Å². The van der Waals surface area contributed by atoms with Crippen molar-refractivity contribution in [1.29, 1.82) is 0 Å². The van der Waals surface area contributed by atoms with Crippen LogP contribution < -0.4 is 0 Å². The molecule has 0 aromatic carbocycles. The Kier molecular flexibility index (Phi) is 7.68. The second kappa shape index (κ2) is 9.02. The molecule has 14 nitrogen and oxygen atoms in total. The highest BCUT2D eigenvalue weighted by atomic mass is 31.2. The Balaban J connectivity index is 2.08. The van der Waals surface area contributed by atoms with Crippen molar-refractivity contribution in [3.63, 3.8) is 0 Å². The summed E-state index contributed by atoms with van der Waals surface area (Å²) in [5.41, 5.74) is 0. The van der Waals surface area contributed by atoms with Crippen LogP contribution in [-0.4, -0.2) is 120 Å². The molecule has 2 rings (SSSR count). The number of hydrogen-bond acceptors (Lipinski definition) is 12. The lowest BCUT2D eigenvalue weighted by atomic mass is 9.98. The smallest absolute Gasteiger partial charge is 0.394 e. The van der Waals surface area contributed by atoms with E-state index in [9.17, 15) is 35.2 Å². The molecule has 2 aliphatic rings. The van der Waals surface area contributed by atoms with Crippen LogP contribution in [0.3, 0.4) is 0 Å². The van der Waals surface area contributed by atoms with E-state index in [1.807, 2.05) is 0 Å². The first-order valence-corrected chi connectivity index (χ1v) is 9.35. The molecule has 0 bridgehead atoms. The fourth-order valence-electron chi connectivity index (χ4n) is 2.65. The van der Waals surface area contributed by atoms with Gasteiger partial charge in [0, 0.05) is 0 Å². The molecule has 0 radical (unpaired) electrons. The van der Waals surface area contributed by atoms with Gasteiger partial charge in [-0.25, -0.2) is 4.57 Å². The summed E-state index contributed by atoms with van der Waals surface area (Å²) in [6.45, 7) is -1.61. The van der Waals surface area contributed by atoms with Crippen LogP contribution in [0.25, 0.3) is 0 Å². The maximum absolute atomic E-state index is 10.8. The molecule has 10 atom stereocenters. The van der Waals surface area contributed by atoms with Gasteiger partial charge in [0.25, 0.3) is 0 Å². The van der Waals surface area contributed by atoms with E-state index in [2.05, 4.69) is 4.52 Å². The zero-order chi connectivity index (χ0) is 20.5. The van der Waals surface area contributed by atoms with Crippen molar-refractivity contribution < 1.29 is 68.8 Å². The molecule has 0 spiro atoms. The van der Waals surface area contributed by atoms with Crippen molar-refractivity contribution in [2.45, 2.75) is 61.4 Å². The SMILES string of the molecule is O=P(O)(O)OC[C@@H]1O[C@H](O[C@H]2O[C@@H](CO)[C@H](O)[C@@H](O)[C@@H]2O)[C@@H](O)[C@H](O)[C@H]1O. The van der Waals surface area contributed by atoms with Crippen molar-refractivity contribution in [3.8, 4) is 0 Å². The highest BCUT2D eigenvalue weighted by molar-refractivity contribution is 7.46. The summed E-state index contributed by atoms with van der Waals surface area (Å²) < 4.78 is 30.3. The summed E-state index contributed by atoms with van der Waals surface area (Å²) in [4.78, 5) is 17.4. The van der Waals surface area contributed by atoms with E-state index in [0.717, 1.165) is 0 Å². The van der Waals surface area contributed by atoms with Gasteiger partial charge < -0.3 is 59.7 Å². The summed E-state index contributed by atoms with van der Waals surface area (Å²) in [6, 6.07) is 0. The standard InChI is InChI=1S/C12H23O14P/c13-1-3-5(14)7(16)9(18)11(24-3)26-12-10(19)8(17)6(15)4(25-12)2-23-27(20,21)22/h3-19H,1-2H2,(H2,20,21,22)/t3-,4-,5-,6-,7+,8+,9-,10-,11+,12+/m0/s1. The lowest BCUT2D eigenvalue weighted by molar-refractivity contribution is -0.376. The van der Waals surface area contributed by atoms with Crippen molar-refractivity contribution in [3.05, 3.63) is 0 Å². The molecule has 0 saturated carbocycles. The molecule has 2 heterocycles. The molecule has 2 saturated heterocycles. The third kappa shape index (κ3) is 5.41. The Bertz CT molecular complexity index is 526. The van der Waals surface area contributed by atoms with E-state index in [1.54, 1.807) is 0 Å². The number of hydrogen-bond donors (Lipinski definition) is 9. The number of phosphoric ester groups is 1. The molecule has 0 aliphatic carbocycles. The monoisotopic (exact) mass is 422 g/mol. The summed E-state index contributed by atoms with van der Waals surface area (Å²) in [7, 11) is -4.92. The predicted molar refractivity (Wildman–Crippen MR) is 79.5 cm³/mol. The average Bonchev–Trinajstić information content (AvgIpc) is 2.60. The van der Waals surface area contributed by atoms with Gasteiger partial charge in [-0.05, 0) is 0 Å². The maximum Gasteiger partial charge on any atom is 0.469 e. The second-order valence-electron chi connectivity index (χ2n) is 6.13. The lowest BCUT2D eigenvalue weighted by Gasteiger charge is -2.44. The number of aliphatic hydroxyl groups excluding tert-OH is 7. The van der Waals surface area contributed by atoms with Gasteiger partial charge >= 0.3 is 7.82 Å². The van der Waals surface area contributed by atoms with Crippen LogP contribution in [0.15, 0.2) is 0 Å². The number of aliphatic hydroxyl groups is 7. The second-order valence-corrected chi connectivity index (χ2v) is 7.37. The minimum atomic E-state index is -4.92. The van der Waals surface area contributed by atoms with Gasteiger partial charge in [0.05, 0.1) is 13.2 Å². The minimum absolute atomic E-state index is 0.737. The molecular weight excluding hydrogens is 399 g/mol.